The summed E-state index contributed by atoms with van der Waals surface area (Å²) in [4.78, 5) is 19.2. The number of aromatic nitrogens is 1. The van der Waals surface area contributed by atoms with E-state index in [-0.39, 0.29) is 5.91 Å². The van der Waals surface area contributed by atoms with Crippen LogP contribution in [0.4, 0.5) is 0 Å². The monoisotopic (exact) mass is 320 g/mol. The first-order valence-electron chi connectivity index (χ1n) is 9.10. The van der Waals surface area contributed by atoms with Crippen LogP contribution in [0.25, 0.3) is 0 Å². The van der Waals surface area contributed by atoms with Crippen LogP contribution >= 0.6 is 0 Å². The lowest BCUT2D eigenvalue weighted by atomic mass is 9.69. The third kappa shape index (κ3) is 2.83. The van der Waals surface area contributed by atoms with Gasteiger partial charge in [-0.05, 0) is 48.8 Å². The first-order chi connectivity index (χ1) is 11.8. The summed E-state index contributed by atoms with van der Waals surface area (Å²) in [6.45, 7) is 0.856. The van der Waals surface area contributed by atoms with Gasteiger partial charge in [0.05, 0.1) is 5.56 Å². The molecule has 0 spiro atoms. The van der Waals surface area contributed by atoms with Gasteiger partial charge in [-0.1, -0.05) is 43.2 Å². The smallest absolute Gasteiger partial charge is 0.255 e. The Morgan fingerprint density at radius 2 is 1.83 bits per heavy atom. The van der Waals surface area contributed by atoms with Gasteiger partial charge in [-0.15, -0.1) is 0 Å². The number of nitrogens with zero attached hydrogens (tertiary/aromatic N) is 2. The first-order valence-corrected chi connectivity index (χ1v) is 9.10. The van der Waals surface area contributed by atoms with Crippen molar-refractivity contribution in [1.29, 1.82) is 0 Å². The highest BCUT2D eigenvalue weighted by Crippen LogP contribution is 2.44. The van der Waals surface area contributed by atoms with Crippen LogP contribution in [0.2, 0.25) is 0 Å². The minimum Gasteiger partial charge on any atom is -0.335 e. The van der Waals surface area contributed by atoms with Gasteiger partial charge in [0.15, 0.2) is 0 Å². The molecule has 3 nitrogen and oxygen atoms in total. The summed E-state index contributed by atoms with van der Waals surface area (Å²) in [5.41, 5.74) is 2.17. The first kappa shape index (κ1) is 15.4. The summed E-state index contributed by atoms with van der Waals surface area (Å²) >= 11 is 0. The lowest BCUT2D eigenvalue weighted by molar-refractivity contribution is 0.0319. The molecule has 2 aromatic rings. The van der Waals surface area contributed by atoms with Crippen molar-refractivity contribution in [3.8, 4) is 0 Å². The van der Waals surface area contributed by atoms with Crippen LogP contribution in [-0.4, -0.2) is 28.4 Å². The van der Waals surface area contributed by atoms with Crippen LogP contribution in [0.5, 0.6) is 0 Å². The maximum atomic E-state index is 13.0. The fourth-order valence-corrected chi connectivity index (χ4v) is 4.68. The maximum absolute atomic E-state index is 13.0. The Kier molecular flexibility index (Phi) is 4.33. The molecule has 1 saturated heterocycles. The molecule has 2 fully saturated rings. The van der Waals surface area contributed by atoms with Crippen molar-refractivity contribution in [2.45, 2.75) is 44.1 Å². The van der Waals surface area contributed by atoms with Crippen LogP contribution in [0, 0.1) is 5.92 Å². The number of amides is 1. The van der Waals surface area contributed by atoms with E-state index in [1.807, 2.05) is 12.1 Å². The zero-order chi connectivity index (χ0) is 16.4. The second-order valence-electron chi connectivity index (χ2n) is 7.06. The molecular formula is C21H24N2O. The largest absolute Gasteiger partial charge is 0.335 e. The van der Waals surface area contributed by atoms with Crippen molar-refractivity contribution in [2.75, 3.05) is 6.54 Å². The number of carbonyl (C=O) groups is 1. The Hall–Kier alpha value is -2.16. The molecule has 0 N–H and O–H groups in total. The van der Waals surface area contributed by atoms with Crippen LogP contribution in [0.15, 0.2) is 54.9 Å². The molecule has 2 aliphatic rings. The summed E-state index contributed by atoms with van der Waals surface area (Å²) in [5.74, 6) is 1.34. The molecule has 2 heterocycles. The van der Waals surface area contributed by atoms with E-state index in [0.29, 0.717) is 17.9 Å². The Bertz CT molecular complexity index is 685. The van der Waals surface area contributed by atoms with Crippen LogP contribution < -0.4 is 0 Å². The van der Waals surface area contributed by atoms with Gasteiger partial charge in [0.2, 0.25) is 0 Å². The van der Waals surface area contributed by atoms with E-state index >= 15 is 0 Å². The number of fused-ring (bicyclic) bond motifs is 1. The van der Waals surface area contributed by atoms with Crippen molar-refractivity contribution in [2.24, 2.45) is 5.92 Å². The highest BCUT2D eigenvalue weighted by Gasteiger charge is 2.41. The molecule has 3 atom stereocenters. The number of rotatable bonds is 2. The quantitative estimate of drug-likeness (QED) is 0.828. The average molecular weight is 320 g/mol. The van der Waals surface area contributed by atoms with Gasteiger partial charge in [0.1, 0.15) is 0 Å². The summed E-state index contributed by atoms with van der Waals surface area (Å²) in [6.07, 6.45) is 9.39. The molecule has 0 unspecified atom stereocenters. The van der Waals surface area contributed by atoms with Gasteiger partial charge in [0.25, 0.3) is 5.91 Å². The second-order valence-corrected chi connectivity index (χ2v) is 7.06. The molecule has 1 aliphatic heterocycles. The third-order valence-corrected chi connectivity index (χ3v) is 5.78. The van der Waals surface area contributed by atoms with E-state index in [9.17, 15) is 4.79 Å². The van der Waals surface area contributed by atoms with Gasteiger partial charge in [-0.3, -0.25) is 9.78 Å². The molecular weight excluding hydrogens is 296 g/mol. The number of hydrogen-bond acceptors (Lipinski definition) is 2. The number of pyridine rings is 1. The maximum Gasteiger partial charge on any atom is 0.255 e. The molecule has 1 aliphatic carbocycles. The Labute approximate surface area is 143 Å². The van der Waals surface area contributed by atoms with Gasteiger partial charge in [-0.25, -0.2) is 0 Å². The van der Waals surface area contributed by atoms with E-state index in [1.54, 1.807) is 12.4 Å². The Morgan fingerprint density at radius 3 is 2.62 bits per heavy atom. The summed E-state index contributed by atoms with van der Waals surface area (Å²) < 4.78 is 0. The standard InChI is InChI=1S/C21H24N2O/c24-21(17-9-6-13-22-15-17)23-14-12-18(16-7-2-1-3-8-16)19-10-4-5-11-20(19)23/h1-3,6-9,13,15,18-20H,4-5,10-12,14H2/t18-,19-,20-/m1/s1. The average Bonchev–Trinajstić information content (AvgIpc) is 2.68. The number of likely N-dealkylation sites (tertiary alicyclic amines) is 1. The summed E-state index contributed by atoms with van der Waals surface area (Å²) in [7, 11) is 0. The van der Waals surface area contributed by atoms with Crippen LogP contribution in [0.3, 0.4) is 0 Å². The van der Waals surface area contributed by atoms with Crippen molar-refractivity contribution >= 4 is 5.91 Å². The predicted octanol–water partition coefficient (Wildman–Crippen LogP) is 4.27. The number of carbonyl (C=O) groups excluding carboxylic acids is 1. The Morgan fingerprint density at radius 1 is 1.00 bits per heavy atom. The van der Waals surface area contributed by atoms with E-state index < -0.39 is 0 Å². The molecule has 0 radical (unpaired) electrons. The SMILES string of the molecule is O=C(c1cccnc1)N1CC[C@H](c2ccccc2)[C@H]2CCCC[C@H]21. The molecule has 4 rings (SSSR count). The highest BCUT2D eigenvalue weighted by atomic mass is 16.2. The third-order valence-electron chi connectivity index (χ3n) is 5.78. The van der Waals surface area contributed by atoms with Gasteiger partial charge >= 0.3 is 0 Å². The van der Waals surface area contributed by atoms with E-state index in [1.165, 1.54) is 24.8 Å². The van der Waals surface area contributed by atoms with Crippen molar-refractivity contribution in [3.63, 3.8) is 0 Å². The molecule has 1 aromatic carbocycles. The number of benzene rings is 1. The summed E-state index contributed by atoms with van der Waals surface area (Å²) in [6, 6.07) is 15.0. The van der Waals surface area contributed by atoms with Crippen molar-refractivity contribution in [3.05, 3.63) is 66.0 Å². The van der Waals surface area contributed by atoms with Gasteiger partial charge in [-0.2, -0.15) is 0 Å². The minimum atomic E-state index is 0.159. The summed E-state index contributed by atoms with van der Waals surface area (Å²) in [5, 5.41) is 0. The highest BCUT2D eigenvalue weighted by molar-refractivity contribution is 5.94. The Balaban J connectivity index is 1.60. The van der Waals surface area contributed by atoms with E-state index in [4.69, 9.17) is 0 Å². The van der Waals surface area contributed by atoms with Crippen molar-refractivity contribution in [1.82, 2.24) is 9.88 Å². The molecule has 1 saturated carbocycles. The number of piperidine rings is 1. The zero-order valence-corrected chi connectivity index (χ0v) is 14.0. The van der Waals surface area contributed by atoms with Crippen LogP contribution in [0.1, 0.15) is 53.9 Å². The van der Waals surface area contributed by atoms with Gasteiger partial charge < -0.3 is 4.90 Å². The minimum absolute atomic E-state index is 0.159. The molecule has 0 bridgehead atoms. The van der Waals surface area contributed by atoms with E-state index in [2.05, 4.69) is 40.2 Å². The molecule has 3 heteroatoms. The lowest BCUT2D eigenvalue weighted by Crippen LogP contribution is -2.52. The second kappa shape index (κ2) is 6.76. The normalized spacial score (nSPS) is 26.7. The lowest BCUT2D eigenvalue weighted by Gasteiger charge is -2.48. The van der Waals surface area contributed by atoms with Crippen LogP contribution in [-0.2, 0) is 0 Å². The molecule has 24 heavy (non-hydrogen) atoms. The fourth-order valence-electron chi connectivity index (χ4n) is 4.68. The van der Waals surface area contributed by atoms with E-state index in [0.717, 1.165) is 24.9 Å². The molecule has 1 aromatic heterocycles. The number of hydrogen-bond donors (Lipinski definition) is 0. The zero-order valence-electron chi connectivity index (χ0n) is 14.0. The topological polar surface area (TPSA) is 33.2 Å². The molecule has 1 amide bonds. The fraction of sp³-hybridized carbons (Fsp3) is 0.429. The predicted molar refractivity (Wildman–Crippen MR) is 94.8 cm³/mol. The molecule has 124 valence electrons. The van der Waals surface area contributed by atoms with Crippen molar-refractivity contribution < 1.29 is 4.79 Å². The van der Waals surface area contributed by atoms with Gasteiger partial charge in [0, 0.05) is 25.0 Å².